The first-order valence-corrected chi connectivity index (χ1v) is 25.9. The third-order valence-corrected chi connectivity index (χ3v) is 11.3. The molecule has 0 aromatic carbocycles. The molecule has 0 bridgehead atoms. The molecule has 1 aliphatic rings. The first kappa shape index (κ1) is 58.8. The normalized spacial score (nSPS) is 20.4. The van der Waals surface area contributed by atoms with E-state index < -0.39 is 59.8 Å². The van der Waals surface area contributed by atoms with Crippen molar-refractivity contribution < 1.29 is 56.2 Å². The van der Waals surface area contributed by atoms with E-state index in [9.17, 15) is 33.1 Å². The van der Waals surface area contributed by atoms with Gasteiger partial charge in [-0.2, -0.15) is 8.42 Å². The van der Waals surface area contributed by atoms with E-state index in [-0.39, 0.29) is 19.6 Å². The van der Waals surface area contributed by atoms with E-state index in [4.69, 9.17) is 18.9 Å². The molecule has 0 spiro atoms. The topological polar surface area (TPSA) is 178 Å². The molecule has 0 amide bonds. The summed E-state index contributed by atoms with van der Waals surface area (Å²) in [5.41, 5.74) is 0. The SMILES string of the molecule is CC/C=C\C/C=C\C/C=C\CCCCCCCCCC(=O)OC(COCCCCCCCCCC/C=C\C/C=C\CCCCCC)COC1OC(CO)C(O)C(OS(=O)(=O)O)C1O. The summed E-state index contributed by atoms with van der Waals surface area (Å²) >= 11 is 0. The molecule has 6 unspecified atom stereocenters. The minimum atomic E-state index is -5.07. The van der Waals surface area contributed by atoms with Crippen LogP contribution in [0.3, 0.4) is 0 Å². The maximum Gasteiger partial charge on any atom is 0.397 e. The zero-order valence-corrected chi connectivity index (χ0v) is 39.9. The lowest BCUT2D eigenvalue weighted by atomic mass is 9.99. The quantitative estimate of drug-likeness (QED) is 0.0197. The summed E-state index contributed by atoms with van der Waals surface area (Å²) in [6, 6.07) is 0. The molecule has 63 heavy (non-hydrogen) atoms. The number of rotatable bonds is 42. The third kappa shape index (κ3) is 34.8. The average molecular weight is 913 g/mol. The van der Waals surface area contributed by atoms with Crippen molar-refractivity contribution in [3.8, 4) is 0 Å². The van der Waals surface area contributed by atoms with Crippen LogP contribution in [0.15, 0.2) is 60.8 Å². The number of carbonyl (C=O) groups is 1. The number of aliphatic hydroxyl groups is 3. The van der Waals surface area contributed by atoms with Crippen LogP contribution >= 0.6 is 0 Å². The fraction of sp³-hybridized carbons (Fsp3) is 0.780. The van der Waals surface area contributed by atoms with Crippen LogP contribution in [-0.4, -0.2) is 97.5 Å². The molecule has 12 nitrogen and oxygen atoms in total. The number of aliphatic hydroxyl groups excluding tert-OH is 3. The van der Waals surface area contributed by atoms with Crippen molar-refractivity contribution in [3.63, 3.8) is 0 Å². The van der Waals surface area contributed by atoms with Crippen molar-refractivity contribution in [2.45, 2.75) is 224 Å². The predicted octanol–water partition coefficient (Wildman–Crippen LogP) is 10.9. The molecule has 1 saturated heterocycles. The van der Waals surface area contributed by atoms with Gasteiger partial charge in [0.1, 0.15) is 30.5 Å². The number of hydrogen-bond acceptors (Lipinski definition) is 11. The maximum atomic E-state index is 12.9. The van der Waals surface area contributed by atoms with E-state index in [1.54, 1.807) is 0 Å². The Morgan fingerprint density at radius 1 is 0.619 bits per heavy atom. The Hall–Kier alpha value is -2.20. The van der Waals surface area contributed by atoms with E-state index >= 15 is 0 Å². The average Bonchev–Trinajstić information content (AvgIpc) is 3.26. The van der Waals surface area contributed by atoms with Crippen LogP contribution in [0.1, 0.15) is 187 Å². The van der Waals surface area contributed by atoms with Crippen LogP contribution in [0, 0.1) is 0 Å². The van der Waals surface area contributed by atoms with Gasteiger partial charge in [-0.15, -0.1) is 0 Å². The Morgan fingerprint density at radius 2 is 1.10 bits per heavy atom. The second-order valence-electron chi connectivity index (χ2n) is 16.7. The molecular weight excluding hydrogens is 825 g/mol. The van der Waals surface area contributed by atoms with E-state index in [2.05, 4.69) is 78.8 Å². The van der Waals surface area contributed by atoms with Gasteiger partial charge >= 0.3 is 16.4 Å². The van der Waals surface area contributed by atoms with Gasteiger partial charge < -0.3 is 34.3 Å². The highest BCUT2D eigenvalue weighted by Gasteiger charge is 2.48. The summed E-state index contributed by atoms with van der Waals surface area (Å²) in [7, 11) is -5.07. The number of allylic oxidation sites excluding steroid dienone is 10. The summed E-state index contributed by atoms with van der Waals surface area (Å²) in [5.74, 6) is -0.413. The first-order valence-electron chi connectivity index (χ1n) is 24.5. The molecule has 4 N–H and O–H groups in total. The minimum Gasteiger partial charge on any atom is -0.457 e. The van der Waals surface area contributed by atoms with Crippen LogP contribution in [0.2, 0.25) is 0 Å². The van der Waals surface area contributed by atoms with Gasteiger partial charge in [-0.25, -0.2) is 4.18 Å². The standard InChI is InChI=1S/C50H88O12S/c1-3-5-7-9-11-13-15-17-19-21-22-24-26-28-30-32-34-36-38-40-58-42-44(43-59-50-48(54)49(62-63(55,56)57)47(53)45(41-51)61-50)60-46(52)39-37-35-33-31-29-27-25-23-20-18-16-14-12-10-8-6-4-2/h6,8,12-15,18-21,44-45,47-51,53-54H,3-5,7,9-11,16-17,22-43H2,1-2H3,(H,55,56,57)/b8-6-,14-12-,15-13-,20-18-,21-19-. The van der Waals surface area contributed by atoms with Crippen LogP contribution in [0.4, 0.5) is 0 Å². The van der Waals surface area contributed by atoms with Crippen molar-refractivity contribution in [3.05, 3.63) is 60.8 Å². The smallest absolute Gasteiger partial charge is 0.397 e. The second kappa shape index (κ2) is 41.2. The van der Waals surface area contributed by atoms with Gasteiger partial charge in [-0.05, 0) is 77.0 Å². The van der Waals surface area contributed by atoms with Gasteiger partial charge in [0.2, 0.25) is 0 Å². The summed E-state index contributed by atoms with van der Waals surface area (Å²) in [6.45, 7) is 3.84. The summed E-state index contributed by atoms with van der Waals surface area (Å²) in [5, 5.41) is 30.7. The Balaban J connectivity index is 2.40. The molecule has 0 aliphatic carbocycles. The van der Waals surface area contributed by atoms with Crippen molar-refractivity contribution in [2.75, 3.05) is 26.4 Å². The molecule has 1 heterocycles. The minimum absolute atomic E-state index is 0.0257. The molecule has 6 atom stereocenters. The Bertz CT molecular complexity index is 1330. The number of carbonyl (C=O) groups excluding carboxylic acids is 1. The highest BCUT2D eigenvalue weighted by Crippen LogP contribution is 2.26. The molecule has 1 aliphatic heterocycles. The van der Waals surface area contributed by atoms with E-state index in [1.165, 1.54) is 77.0 Å². The second-order valence-corrected chi connectivity index (χ2v) is 17.7. The molecule has 13 heteroatoms. The van der Waals surface area contributed by atoms with Crippen molar-refractivity contribution in [2.24, 2.45) is 0 Å². The van der Waals surface area contributed by atoms with Gasteiger partial charge in [-0.3, -0.25) is 9.35 Å². The van der Waals surface area contributed by atoms with Gasteiger partial charge in [0.05, 0.1) is 19.8 Å². The first-order chi connectivity index (χ1) is 30.6. The lowest BCUT2D eigenvalue weighted by Gasteiger charge is -2.41. The van der Waals surface area contributed by atoms with Crippen LogP contribution in [0.5, 0.6) is 0 Å². The number of hydrogen-bond donors (Lipinski definition) is 4. The third-order valence-electron chi connectivity index (χ3n) is 10.9. The van der Waals surface area contributed by atoms with E-state index in [1.807, 2.05) is 0 Å². The van der Waals surface area contributed by atoms with Crippen LogP contribution < -0.4 is 0 Å². The van der Waals surface area contributed by atoms with Crippen LogP contribution in [0.25, 0.3) is 0 Å². The number of ether oxygens (including phenoxy) is 4. The van der Waals surface area contributed by atoms with Crippen LogP contribution in [-0.2, 0) is 38.3 Å². The lowest BCUT2D eigenvalue weighted by Crippen LogP contribution is -2.60. The summed E-state index contributed by atoms with van der Waals surface area (Å²) in [6.07, 6.45) is 42.4. The zero-order chi connectivity index (χ0) is 46.1. The maximum absolute atomic E-state index is 12.9. The van der Waals surface area contributed by atoms with Crippen molar-refractivity contribution >= 4 is 16.4 Å². The highest BCUT2D eigenvalue weighted by atomic mass is 32.3. The largest absolute Gasteiger partial charge is 0.457 e. The van der Waals surface area contributed by atoms with Gasteiger partial charge in [0, 0.05) is 13.0 Å². The lowest BCUT2D eigenvalue weighted by molar-refractivity contribution is -0.301. The molecular formula is C50H88O12S. The fourth-order valence-electron chi connectivity index (χ4n) is 7.19. The van der Waals surface area contributed by atoms with E-state index in [0.717, 1.165) is 83.5 Å². The summed E-state index contributed by atoms with van der Waals surface area (Å²) in [4.78, 5) is 12.9. The predicted molar refractivity (Wildman–Crippen MR) is 253 cm³/mol. The highest BCUT2D eigenvalue weighted by molar-refractivity contribution is 7.80. The number of unbranched alkanes of at least 4 members (excludes halogenated alkanes) is 19. The molecule has 0 saturated carbocycles. The molecule has 366 valence electrons. The molecule has 1 fully saturated rings. The monoisotopic (exact) mass is 913 g/mol. The van der Waals surface area contributed by atoms with Gasteiger partial charge in [0.25, 0.3) is 0 Å². The molecule has 1 rings (SSSR count). The van der Waals surface area contributed by atoms with Gasteiger partial charge in [0.15, 0.2) is 6.29 Å². The van der Waals surface area contributed by atoms with Crippen molar-refractivity contribution in [1.82, 2.24) is 0 Å². The molecule has 0 aromatic heterocycles. The number of esters is 1. The zero-order valence-electron chi connectivity index (χ0n) is 39.1. The summed E-state index contributed by atoms with van der Waals surface area (Å²) < 4.78 is 59.2. The fourth-order valence-corrected chi connectivity index (χ4v) is 7.70. The Kier molecular flexibility index (Phi) is 38.5. The molecule has 0 aromatic rings. The van der Waals surface area contributed by atoms with E-state index in [0.29, 0.717) is 13.0 Å². The Labute approximate surface area is 382 Å². The van der Waals surface area contributed by atoms with Crippen molar-refractivity contribution in [1.29, 1.82) is 0 Å². The Morgan fingerprint density at radius 3 is 1.60 bits per heavy atom. The molecule has 0 radical (unpaired) electrons. The van der Waals surface area contributed by atoms with Gasteiger partial charge in [-0.1, -0.05) is 164 Å².